The molecule has 10 heteroatoms. The molecule has 0 saturated carbocycles. The number of thiocarbonyl (C=S) groups is 1. The average molecular weight is 512 g/mol. The minimum atomic E-state index is -0.654. The molecule has 0 spiro atoms. The third kappa shape index (κ3) is 5.88. The van der Waals surface area contributed by atoms with Gasteiger partial charge in [0.2, 0.25) is 5.88 Å². The van der Waals surface area contributed by atoms with E-state index in [9.17, 15) is 24.8 Å². The summed E-state index contributed by atoms with van der Waals surface area (Å²) in [5.74, 6) is -1.27. The van der Waals surface area contributed by atoms with E-state index >= 15 is 0 Å². The number of Topliss-reactive ketones (excluding diaryl/α,β-unsaturated/α-hetero) is 1. The van der Waals surface area contributed by atoms with Crippen molar-refractivity contribution in [2.45, 2.75) is 33.2 Å². The zero-order valence-corrected chi connectivity index (χ0v) is 21.1. The lowest BCUT2D eigenvalue weighted by molar-refractivity contribution is -0.122. The number of ketones is 1. The Bertz CT molecular complexity index is 1280. The summed E-state index contributed by atoms with van der Waals surface area (Å²) in [6.07, 6.45) is 2.03. The van der Waals surface area contributed by atoms with Crippen molar-refractivity contribution in [3.8, 4) is 11.9 Å². The van der Waals surface area contributed by atoms with Crippen LogP contribution < -0.4 is 5.56 Å². The van der Waals surface area contributed by atoms with E-state index < -0.39 is 17.2 Å². The average Bonchev–Trinajstić information content (AvgIpc) is 3.10. The third-order valence-corrected chi connectivity index (χ3v) is 6.86. The Labute approximate surface area is 212 Å². The first kappa shape index (κ1) is 26.3. The summed E-state index contributed by atoms with van der Waals surface area (Å²) >= 11 is 6.51. The quantitative estimate of drug-likeness (QED) is 0.223. The molecule has 0 unspecified atom stereocenters. The van der Waals surface area contributed by atoms with Gasteiger partial charge in [-0.05, 0) is 37.5 Å². The number of thioether (sulfide) groups is 1. The van der Waals surface area contributed by atoms with E-state index in [0.29, 0.717) is 28.9 Å². The normalized spacial score (nSPS) is 14.5. The van der Waals surface area contributed by atoms with Crippen LogP contribution in [0.25, 0.3) is 6.08 Å². The maximum absolute atomic E-state index is 13.1. The fraction of sp³-hybridized carbons (Fsp3) is 0.320. The Balaban J connectivity index is 1.80. The van der Waals surface area contributed by atoms with Crippen LogP contribution >= 0.6 is 24.0 Å². The molecule has 0 aliphatic carbocycles. The fourth-order valence-electron chi connectivity index (χ4n) is 3.69. The van der Waals surface area contributed by atoms with Crippen LogP contribution in [0.2, 0.25) is 0 Å². The fourth-order valence-corrected chi connectivity index (χ4v) is 5.00. The number of hydrogen-bond donors (Lipinski definition) is 1. The monoisotopic (exact) mass is 511 g/mol. The molecule has 1 aromatic carbocycles. The van der Waals surface area contributed by atoms with Gasteiger partial charge in [-0.2, -0.15) is 5.26 Å². The maximum Gasteiger partial charge on any atom is 0.271 e. The van der Waals surface area contributed by atoms with Gasteiger partial charge in [0.15, 0.2) is 5.78 Å². The van der Waals surface area contributed by atoms with Crippen molar-refractivity contribution < 1.29 is 19.4 Å². The molecular weight excluding hydrogens is 486 g/mol. The van der Waals surface area contributed by atoms with Gasteiger partial charge in [0.25, 0.3) is 11.5 Å². The molecule has 3 rings (SSSR count). The van der Waals surface area contributed by atoms with Gasteiger partial charge in [-0.1, -0.05) is 54.3 Å². The summed E-state index contributed by atoms with van der Waals surface area (Å²) in [5, 5.41) is 20.3. The minimum absolute atomic E-state index is 0.0138. The molecule has 1 fully saturated rings. The number of ether oxygens (including phenoxy) is 1. The summed E-state index contributed by atoms with van der Waals surface area (Å²) in [6, 6.07) is 11.2. The van der Waals surface area contributed by atoms with Crippen LogP contribution in [0.4, 0.5) is 0 Å². The third-order valence-electron chi connectivity index (χ3n) is 5.49. The highest BCUT2D eigenvalue weighted by molar-refractivity contribution is 8.26. The molecule has 8 nitrogen and oxygen atoms in total. The standard InChI is InChI=1S/C25H25N3O5S2/c1-3-33-13-7-11-27-22(30)18(15-26)16(2)21(24(27)32)19(29)10-12-28-23(31)20(35-25(28)34)14-17-8-5-4-6-9-17/h4-6,8-9,14,32H,3,7,10-13H2,1-2H3/b20-14-. The molecule has 1 aliphatic heterocycles. The molecule has 182 valence electrons. The predicted octanol–water partition coefficient (Wildman–Crippen LogP) is 3.63. The Kier molecular flexibility index (Phi) is 8.98. The van der Waals surface area contributed by atoms with Crippen molar-refractivity contribution in [2.75, 3.05) is 19.8 Å². The molecule has 1 N–H and O–H groups in total. The molecule has 35 heavy (non-hydrogen) atoms. The number of benzene rings is 1. The van der Waals surface area contributed by atoms with Crippen LogP contribution in [-0.4, -0.2) is 50.3 Å². The summed E-state index contributed by atoms with van der Waals surface area (Å²) < 4.78 is 6.63. The zero-order valence-electron chi connectivity index (χ0n) is 19.4. The van der Waals surface area contributed by atoms with Crippen LogP contribution in [0.15, 0.2) is 40.0 Å². The van der Waals surface area contributed by atoms with Crippen molar-refractivity contribution in [2.24, 2.45) is 0 Å². The molecule has 1 amide bonds. The molecule has 0 atom stereocenters. The predicted molar refractivity (Wildman–Crippen MR) is 138 cm³/mol. The first-order valence-corrected chi connectivity index (χ1v) is 12.3. The number of hydrogen-bond acceptors (Lipinski definition) is 8. The largest absolute Gasteiger partial charge is 0.494 e. The number of nitrogens with zero attached hydrogens (tertiary/aromatic N) is 3. The summed E-state index contributed by atoms with van der Waals surface area (Å²) in [7, 11) is 0. The number of aromatic hydroxyl groups is 1. The van der Waals surface area contributed by atoms with Crippen molar-refractivity contribution in [1.29, 1.82) is 5.26 Å². The van der Waals surface area contributed by atoms with E-state index in [2.05, 4.69) is 0 Å². The first-order valence-electron chi connectivity index (χ1n) is 11.1. The van der Waals surface area contributed by atoms with E-state index in [1.54, 1.807) is 6.08 Å². The van der Waals surface area contributed by atoms with Crippen LogP contribution in [0.5, 0.6) is 5.88 Å². The number of carbonyl (C=O) groups excluding carboxylic acids is 2. The summed E-state index contributed by atoms with van der Waals surface area (Å²) in [4.78, 5) is 40.5. The van der Waals surface area contributed by atoms with Crippen LogP contribution in [0.3, 0.4) is 0 Å². The first-order chi connectivity index (χ1) is 16.8. The Morgan fingerprint density at radius 3 is 2.63 bits per heavy atom. The lowest BCUT2D eigenvalue weighted by Crippen LogP contribution is -2.31. The SMILES string of the molecule is CCOCCCn1c(O)c(C(=O)CCN2C(=O)/C(=C/c3ccccc3)SC2=S)c(C)c(C#N)c1=O. The summed E-state index contributed by atoms with van der Waals surface area (Å²) in [6.45, 7) is 4.29. The van der Waals surface area contributed by atoms with Gasteiger partial charge in [0, 0.05) is 32.7 Å². The highest BCUT2D eigenvalue weighted by atomic mass is 32.2. The molecule has 0 radical (unpaired) electrons. The highest BCUT2D eigenvalue weighted by Gasteiger charge is 2.33. The number of rotatable bonds is 10. The Morgan fingerprint density at radius 1 is 1.26 bits per heavy atom. The van der Waals surface area contributed by atoms with Gasteiger partial charge in [-0.3, -0.25) is 23.9 Å². The molecule has 1 aliphatic rings. The van der Waals surface area contributed by atoms with Crippen molar-refractivity contribution in [3.05, 3.63) is 67.8 Å². The number of aromatic nitrogens is 1. The van der Waals surface area contributed by atoms with Crippen LogP contribution in [0, 0.1) is 18.3 Å². The second kappa shape index (κ2) is 11.9. The van der Waals surface area contributed by atoms with Gasteiger partial charge >= 0.3 is 0 Å². The molecule has 0 bridgehead atoms. The second-order valence-electron chi connectivity index (χ2n) is 7.73. The lowest BCUT2D eigenvalue weighted by Gasteiger charge is -2.17. The van der Waals surface area contributed by atoms with Gasteiger partial charge in [-0.15, -0.1) is 0 Å². The minimum Gasteiger partial charge on any atom is -0.494 e. The van der Waals surface area contributed by atoms with Gasteiger partial charge in [0.1, 0.15) is 16.0 Å². The molecule has 2 aromatic rings. The second-order valence-corrected chi connectivity index (χ2v) is 9.41. The molecular formula is C25H25N3O5S2. The topological polar surface area (TPSA) is 113 Å². The van der Waals surface area contributed by atoms with Gasteiger partial charge in [0.05, 0.1) is 10.5 Å². The summed E-state index contributed by atoms with van der Waals surface area (Å²) in [5.41, 5.74) is 0.0380. The van der Waals surface area contributed by atoms with E-state index in [0.717, 1.165) is 21.9 Å². The lowest BCUT2D eigenvalue weighted by atomic mass is 9.99. The highest BCUT2D eigenvalue weighted by Crippen LogP contribution is 2.33. The maximum atomic E-state index is 13.1. The number of nitriles is 1. The van der Waals surface area contributed by atoms with E-state index in [1.807, 2.05) is 43.3 Å². The van der Waals surface area contributed by atoms with E-state index in [4.69, 9.17) is 17.0 Å². The van der Waals surface area contributed by atoms with Crippen molar-refractivity contribution >= 4 is 46.1 Å². The number of carbonyl (C=O) groups is 2. The van der Waals surface area contributed by atoms with E-state index in [1.165, 1.54) is 11.8 Å². The van der Waals surface area contributed by atoms with Gasteiger partial charge < -0.3 is 9.84 Å². The Morgan fingerprint density at radius 2 is 1.97 bits per heavy atom. The van der Waals surface area contributed by atoms with Crippen LogP contribution in [-0.2, 0) is 16.1 Å². The molecule has 1 saturated heterocycles. The molecule has 1 aromatic heterocycles. The number of amides is 1. The molecule has 2 heterocycles. The van der Waals surface area contributed by atoms with Crippen LogP contribution in [0.1, 0.15) is 46.8 Å². The smallest absolute Gasteiger partial charge is 0.271 e. The zero-order chi connectivity index (χ0) is 25.5. The van der Waals surface area contributed by atoms with Gasteiger partial charge in [-0.25, -0.2) is 0 Å². The Hall–Kier alpha value is -3.26. The van der Waals surface area contributed by atoms with Crippen molar-refractivity contribution in [3.63, 3.8) is 0 Å². The number of pyridine rings is 1. The van der Waals surface area contributed by atoms with E-state index in [-0.39, 0.29) is 42.1 Å². The van der Waals surface area contributed by atoms with Crippen molar-refractivity contribution in [1.82, 2.24) is 9.47 Å².